The van der Waals surface area contributed by atoms with Gasteiger partial charge in [-0.25, -0.2) is 0 Å². The van der Waals surface area contributed by atoms with Crippen LogP contribution in [0.3, 0.4) is 0 Å². The average molecular weight is 249 g/mol. The molecule has 0 saturated heterocycles. The monoisotopic (exact) mass is 248 g/mol. The summed E-state index contributed by atoms with van der Waals surface area (Å²) in [7, 11) is 0. The molecule has 0 rings (SSSR count). The predicted molar refractivity (Wildman–Crippen MR) is 86.7 cm³/mol. The van der Waals surface area contributed by atoms with E-state index in [4.69, 9.17) is 0 Å². The Hall–Kier alpha value is 0. The van der Waals surface area contributed by atoms with Gasteiger partial charge in [0, 0.05) is 1.43 Å². The van der Waals surface area contributed by atoms with Crippen LogP contribution in [0.5, 0.6) is 0 Å². The van der Waals surface area contributed by atoms with E-state index < -0.39 is 0 Å². The van der Waals surface area contributed by atoms with E-state index in [1.165, 1.54) is 19.3 Å². The molecule has 0 aliphatic rings. The van der Waals surface area contributed by atoms with Crippen LogP contribution in [-0.4, -0.2) is 0 Å². The molecule has 1 atom stereocenters. The molecule has 110 valence electrons. The Morgan fingerprint density at radius 2 is 1.24 bits per heavy atom. The van der Waals surface area contributed by atoms with Gasteiger partial charge in [0.1, 0.15) is 0 Å². The van der Waals surface area contributed by atoms with Crippen molar-refractivity contribution in [2.45, 2.75) is 95.4 Å². The molecule has 17 heavy (non-hydrogen) atoms. The normalized spacial score (nSPS) is 12.9. The molecular formula is C17H42. The minimum absolute atomic E-state index is 0. The van der Waals surface area contributed by atoms with E-state index in [-0.39, 0.29) is 1.43 Å². The summed E-state index contributed by atoms with van der Waals surface area (Å²) in [5.74, 6) is 0.844. The van der Waals surface area contributed by atoms with Gasteiger partial charge < -0.3 is 0 Å². The van der Waals surface area contributed by atoms with Crippen LogP contribution in [0.25, 0.3) is 0 Å². The van der Waals surface area contributed by atoms with Crippen molar-refractivity contribution in [3.8, 4) is 0 Å². The summed E-state index contributed by atoms with van der Waals surface area (Å²) in [6.45, 7) is 24.5. The maximum absolute atomic E-state index is 2.40. The van der Waals surface area contributed by atoms with Crippen LogP contribution in [0.15, 0.2) is 0 Å². The van der Waals surface area contributed by atoms with Crippen molar-refractivity contribution in [1.82, 2.24) is 0 Å². The molecule has 0 aromatic rings. The first-order valence-electron chi connectivity index (χ1n) is 7.69. The molecule has 0 spiro atoms. The highest BCUT2D eigenvalue weighted by Gasteiger charge is 2.24. The summed E-state index contributed by atoms with van der Waals surface area (Å²) < 4.78 is 0. The number of hydrogen-bond acceptors (Lipinski definition) is 0. The lowest BCUT2D eigenvalue weighted by molar-refractivity contribution is 0.185. The maximum Gasteiger partial charge on any atom is 0 e. The maximum atomic E-state index is 2.40. The summed E-state index contributed by atoms with van der Waals surface area (Å²) in [4.78, 5) is 0. The molecule has 0 heteroatoms. The Morgan fingerprint density at radius 3 is 1.47 bits per heavy atom. The number of rotatable bonds is 4. The molecule has 0 aromatic carbocycles. The van der Waals surface area contributed by atoms with E-state index in [2.05, 4.69) is 48.5 Å². The SMILES string of the molecule is CC.CC.CCC(C)(C)C(C)CCC(C)(C)C.[3HH]. The lowest BCUT2D eigenvalue weighted by atomic mass is 9.73. The van der Waals surface area contributed by atoms with Gasteiger partial charge in [-0.3, -0.25) is 0 Å². The quantitative estimate of drug-likeness (QED) is 0.494. The van der Waals surface area contributed by atoms with E-state index in [1.54, 1.807) is 0 Å². The number of hydrogen-bond donors (Lipinski definition) is 0. The first kappa shape index (κ1) is 22.2. The lowest BCUT2D eigenvalue weighted by Gasteiger charge is -2.32. The van der Waals surface area contributed by atoms with E-state index in [1.807, 2.05) is 27.7 Å². The Labute approximate surface area is 114 Å². The fourth-order valence-corrected chi connectivity index (χ4v) is 1.39. The van der Waals surface area contributed by atoms with E-state index in [9.17, 15) is 0 Å². The van der Waals surface area contributed by atoms with Crippen molar-refractivity contribution < 1.29 is 1.43 Å². The highest BCUT2D eigenvalue weighted by atomic mass is 14.3. The molecule has 0 saturated carbocycles. The fraction of sp³-hybridized carbons (Fsp3) is 1.00. The molecule has 0 N–H and O–H groups in total. The summed E-state index contributed by atoms with van der Waals surface area (Å²) >= 11 is 0. The Balaban J connectivity index is -0.000000177. The highest BCUT2D eigenvalue weighted by Crippen LogP contribution is 2.35. The van der Waals surface area contributed by atoms with Crippen LogP contribution in [0.2, 0.25) is 0 Å². The van der Waals surface area contributed by atoms with Crippen molar-refractivity contribution in [1.29, 1.82) is 0 Å². The molecule has 0 aliphatic carbocycles. The standard InChI is InChI=1S/C13H28.2C2H6.H2/c1-8-13(6,7)11(2)9-10-12(3,4)5;2*1-2;/h11H,8-10H2,1-7H3;2*1-2H3;1H/i;;;1+2. The Kier molecular flexibility index (Phi) is 14.5. The molecule has 1 unspecified atom stereocenters. The van der Waals surface area contributed by atoms with Gasteiger partial charge in [0.2, 0.25) is 0 Å². The minimum atomic E-state index is 0. The zero-order chi connectivity index (χ0) is 14.7. The third kappa shape index (κ3) is 13.9. The first-order chi connectivity index (χ1) is 7.69. The highest BCUT2D eigenvalue weighted by molar-refractivity contribution is 4.75. The molecule has 0 aliphatic heterocycles. The van der Waals surface area contributed by atoms with Crippen molar-refractivity contribution in [3.63, 3.8) is 0 Å². The molecule has 0 bridgehead atoms. The third-order valence-electron chi connectivity index (χ3n) is 3.57. The first-order valence-corrected chi connectivity index (χ1v) is 7.69. The molecule has 0 heterocycles. The zero-order valence-corrected chi connectivity index (χ0v) is 14.7. The zero-order valence-electron chi connectivity index (χ0n) is 14.7. The van der Waals surface area contributed by atoms with Crippen LogP contribution in [0.1, 0.15) is 96.9 Å². The summed E-state index contributed by atoms with van der Waals surface area (Å²) in [5.41, 5.74) is 1.02. The van der Waals surface area contributed by atoms with Crippen molar-refractivity contribution in [2.75, 3.05) is 0 Å². The van der Waals surface area contributed by atoms with Crippen LogP contribution in [0, 0.1) is 16.7 Å². The van der Waals surface area contributed by atoms with Crippen LogP contribution < -0.4 is 0 Å². The molecule has 0 fully saturated rings. The van der Waals surface area contributed by atoms with Crippen LogP contribution >= 0.6 is 0 Å². The molecule has 0 amide bonds. The topological polar surface area (TPSA) is 0 Å². The third-order valence-corrected chi connectivity index (χ3v) is 3.57. The Bertz CT molecular complexity index is 142. The summed E-state index contributed by atoms with van der Waals surface area (Å²) in [5, 5.41) is 0. The molecule has 0 nitrogen and oxygen atoms in total. The fourth-order valence-electron chi connectivity index (χ4n) is 1.39. The molecule has 0 aromatic heterocycles. The van der Waals surface area contributed by atoms with Gasteiger partial charge in [-0.15, -0.1) is 0 Å². The lowest BCUT2D eigenvalue weighted by Crippen LogP contribution is -2.22. The van der Waals surface area contributed by atoms with E-state index in [0.717, 1.165) is 5.92 Å². The van der Waals surface area contributed by atoms with Gasteiger partial charge in [0.15, 0.2) is 0 Å². The van der Waals surface area contributed by atoms with Crippen molar-refractivity contribution in [2.24, 2.45) is 16.7 Å². The average Bonchev–Trinajstić information content (AvgIpc) is 2.30. The van der Waals surface area contributed by atoms with Crippen LogP contribution in [-0.2, 0) is 0 Å². The van der Waals surface area contributed by atoms with Crippen LogP contribution in [0.4, 0.5) is 0 Å². The predicted octanol–water partition coefficient (Wildman–Crippen LogP) is 7.18. The van der Waals surface area contributed by atoms with Gasteiger partial charge in [-0.05, 0) is 29.6 Å². The van der Waals surface area contributed by atoms with E-state index in [0.29, 0.717) is 10.8 Å². The second-order valence-corrected chi connectivity index (χ2v) is 6.34. The molecule has 0 radical (unpaired) electrons. The van der Waals surface area contributed by atoms with Crippen molar-refractivity contribution >= 4 is 0 Å². The van der Waals surface area contributed by atoms with Gasteiger partial charge in [0.25, 0.3) is 0 Å². The Morgan fingerprint density at radius 1 is 0.882 bits per heavy atom. The van der Waals surface area contributed by atoms with Gasteiger partial charge in [-0.2, -0.15) is 0 Å². The molecular weight excluding hydrogens is 204 g/mol. The van der Waals surface area contributed by atoms with E-state index >= 15 is 0 Å². The van der Waals surface area contributed by atoms with Gasteiger partial charge in [0.05, 0.1) is 0 Å². The second-order valence-electron chi connectivity index (χ2n) is 6.34. The smallest absolute Gasteiger partial charge is 0 e. The second kappa shape index (κ2) is 11.1. The van der Waals surface area contributed by atoms with Gasteiger partial charge in [-0.1, -0.05) is 82.6 Å². The summed E-state index contributed by atoms with van der Waals surface area (Å²) in [6.07, 6.45) is 4.00. The minimum Gasteiger partial charge on any atom is -0.0683 e. The van der Waals surface area contributed by atoms with Crippen molar-refractivity contribution in [3.05, 3.63) is 0 Å². The largest absolute Gasteiger partial charge is 0.0683 e. The summed E-state index contributed by atoms with van der Waals surface area (Å²) in [6, 6.07) is 0. The van der Waals surface area contributed by atoms with Gasteiger partial charge >= 0.3 is 0 Å².